The highest BCUT2D eigenvalue weighted by atomic mass is 35.5. The quantitative estimate of drug-likeness (QED) is 0.727. The Morgan fingerprint density at radius 3 is 2.12 bits per heavy atom. The van der Waals surface area contributed by atoms with Gasteiger partial charge in [0.1, 0.15) is 5.75 Å². The van der Waals surface area contributed by atoms with Gasteiger partial charge in [0, 0.05) is 10.6 Å². The molecule has 2 aromatic carbocycles. The SMILES string of the molecule is COC(=O)[C@@H](C)Oc1ccc(C(=O)Nc2c(Cl)cc(Cl)cc2Cl)cc1. The van der Waals surface area contributed by atoms with E-state index in [1.807, 2.05) is 0 Å². The highest BCUT2D eigenvalue weighted by molar-refractivity contribution is 6.42. The van der Waals surface area contributed by atoms with E-state index < -0.39 is 18.0 Å². The van der Waals surface area contributed by atoms with Gasteiger partial charge in [0.05, 0.1) is 22.8 Å². The molecule has 0 saturated carbocycles. The monoisotopic (exact) mass is 401 g/mol. The highest BCUT2D eigenvalue weighted by Gasteiger charge is 2.16. The van der Waals surface area contributed by atoms with Gasteiger partial charge in [-0.1, -0.05) is 34.8 Å². The number of nitrogens with one attached hydrogen (secondary N) is 1. The number of anilines is 1. The van der Waals surface area contributed by atoms with E-state index in [0.717, 1.165) is 0 Å². The minimum Gasteiger partial charge on any atom is -0.479 e. The Hall–Kier alpha value is -1.95. The molecule has 1 atom stereocenters. The van der Waals surface area contributed by atoms with Crippen molar-refractivity contribution >= 4 is 52.4 Å². The Morgan fingerprint density at radius 2 is 1.60 bits per heavy atom. The summed E-state index contributed by atoms with van der Waals surface area (Å²) in [5.74, 6) is -0.468. The van der Waals surface area contributed by atoms with Gasteiger partial charge in [0.15, 0.2) is 6.10 Å². The van der Waals surface area contributed by atoms with Crippen LogP contribution in [0.15, 0.2) is 36.4 Å². The average molecular weight is 403 g/mol. The van der Waals surface area contributed by atoms with E-state index in [1.54, 1.807) is 31.2 Å². The van der Waals surface area contributed by atoms with Crippen LogP contribution in [0.3, 0.4) is 0 Å². The van der Waals surface area contributed by atoms with Crippen molar-refractivity contribution < 1.29 is 19.1 Å². The summed E-state index contributed by atoms with van der Waals surface area (Å²) >= 11 is 17.9. The molecule has 0 aliphatic heterocycles. The van der Waals surface area contributed by atoms with Crippen LogP contribution in [0.2, 0.25) is 15.1 Å². The Labute approximate surface area is 159 Å². The molecule has 0 heterocycles. The van der Waals surface area contributed by atoms with E-state index in [1.165, 1.54) is 19.2 Å². The summed E-state index contributed by atoms with van der Waals surface area (Å²) in [7, 11) is 1.28. The molecule has 0 aliphatic rings. The third kappa shape index (κ3) is 5.01. The van der Waals surface area contributed by atoms with E-state index in [4.69, 9.17) is 39.5 Å². The lowest BCUT2D eigenvalue weighted by Gasteiger charge is -2.13. The minimum absolute atomic E-state index is 0.234. The zero-order chi connectivity index (χ0) is 18.6. The molecular weight excluding hydrogens is 389 g/mol. The Balaban J connectivity index is 2.10. The number of ether oxygens (including phenoxy) is 2. The lowest BCUT2D eigenvalue weighted by atomic mass is 10.2. The first kappa shape index (κ1) is 19.4. The number of benzene rings is 2. The van der Waals surface area contributed by atoms with Crippen molar-refractivity contribution in [2.45, 2.75) is 13.0 Å². The highest BCUT2D eigenvalue weighted by Crippen LogP contribution is 2.34. The molecule has 5 nitrogen and oxygen atoms in total. The summed E-state index contributed by atoms with van der Waals surface area (Å²) in [6.45, 7) is 1.57. The number of halogens is 3. The van der Waals surface area contributed by atoms with Gasteiger partial charge >= 0.3 is 5.97 Å². The van der Waals surface area contributed by atoms with Crippen molar-refractivity contribution in [3.05, 3.63) is 57.0 Å². The molecule has 0 saturated heterocycles. The standard InChI is InChI=1S/C17H14Cl3NO4/c1-9(17(23)24-2)25-12-5-3-10(4-6-12)16(22)21-15-13(19)7-11(18)8-14(15)20/h3-9H,1-2H3,(H,21,22)/t9-/m1/s1. The van der Waals surface area contributed by atoms with Crippen LogP contribution in [-0.4, -0.2) is 25.1 Å². The second kappa shape index (κ2) is 8.43. The van der Waals surface area contributed by atoms with Gasteiger partial charge in [-0.15, -0.1) is 0 Å². The van der Waals surface area contributed by atoms with Gasteiger partial charge < -0.3 is 14.8 Å². The number of carbonyl (C=O) groups excluding carboxylic acids is 2. The molecule has 1 amide bonds. The lowest BCUT2D eigenvalue weighted by Crippen LogP contribution is -2.24. The van der Waals surface area contributed by atoms with Gasteiger partial charge in [-0.05, 0) is 43.3 Å². The average Bonchev–Trinajstić information content (AvgIpc) is 2.57. The molecule has 25 heavy (non-hydrogen) atoms. The van der Waals surface area contributed by atoms with Gasteiger partial charge in [-0.3, -0.25) is 4.79 Å². The molecule has 2 aromatic rings. The molecule has 8 heteroatoms. The molecule has 1 N–H and O–H groups in total. The number of hydrogen-bond donors (Lipinski definition) is 1. The van der Waals surface area contributed by atoms with Crippen LogP contribution < -0.4 is 10.1 Å². The van der Waals surface area contributed by atoms with Gasteiger partial charge in [-0.2, -0.15) is 0 Å². The van der Waals surface area contributed by atoms with Crippen LogP contribution in [-0.2, 0) is 9.53 Å². The fourth-order valence-electron chi connectivity index (χ4n) is 1.95. The number of rotatable bonds is 5. The third-order valence-corrected chi connectivity index (χ3v) is 4.02. The van der Waals surface area contributed by atoms with Crippen molar-refractivity contribution in [1.29, 1.82) is 0 Å². The molecule has 0 unspecified atom stereocenters. The predicted octanol–water partition coefficient (Wildman–Crippen LogP) is 4.84. The van der Waals surface area contributed by atoms with Crippen LogP contribution in [0.1, 0.15) is 17.3 Å². The molecule has 2 rings (SSSR count). The maximum absolute atomic E-state index is 12.3. The summed E-state index contributed by atoms with van der Waals surface area (Å²) in [6.07, 6.45) is -0.753. The number of hydrogen-bond acceptors (Lipinski definition) is 4. The first-order chi connectivity index (χ1) is 11.8. The largest absolute Gasteiger partial charge is 0.479 e. The molecule has 0 radical (unpaired) electrons. The number of esters is 1. The van der Waals surface area contributed by atoms with Crippen LogP contribution >= 0.6 is 34.8 Å². The fourth-order valence-corrected chi connectivity index (χ4v) is 2.86. The summed E-state index contributed by atoms with van der Waals surface area (Å²) in [5.41, 5.74) is 0.637. The molecule has 0 aromatic heterocycles. The van der Waals surface area contributed by atoms with Gasteiger partial charge in [0.2, 0.25) is 0 Å². The second-order valence-corrected chi connectivity index (χ2v) is 6.26. The molecule has 0 aliphatic carbocycles. The van der Waals surface area contributed by atoms with E-state index in [2.05, 4.69) is 10.1 Å². The Morgan fingerprint density at radius 1 is 1.04 bits per heavy atom. The maximum Gasteiger partial charge on any atom is 0.346 e. The molecule has 0 fully saturated rings. The maximum atomic E-state index is 12.3. The summed E-state index contributed by atoms with van der Waals surface area (Å²) in [5, 5.41) is 3.47. The van der Waals surface area contributed by atoms with Crippen molar-refractivity contribution in [3.63, 3.8) is 0 Å². The Kier molecular flexibility index (Phi) is 6.53. The molecule has 0 spiro atoms. The van der Waals surface area contributed by atoms with Crippen molar-refractivity contribution in [2.75, 3.05) is 12.4 Å². The zero-order valence-corrected chi connectivity index (χ0v) is 15.6. The summed E-state index contributed by atoms with van der Waals surface area (Å²) < 4.78 is 9.99. The smallest absolute Gasteiger partial charge is 0.346 e. The van der Waals surface area contributed by atoms with Crippen LogP contribution in [0.5, 0.6) is 5.75 Å². The topological polar surface area (TPSA) is 64.6 Å². The predicted molar refractivity (Wildman–Crippen MR) is 98.0 cm³/mol. The fraction of sp³-hybridized carbons (Fsp3) is 0.176. The third-order valence-electron chi connectivity index (χ3n) is 3.21. The minimum atomic E-state index is -0.753. The Bertz CT molecular complexity index is 770. The van der Waals surface area contributed by atoms with Crippen molar-refractivity contribution in [2.24, 2.45) is 0 Å². The van der Waals surface area contributed by atoms with E-state index >= 15 is 0 Å². The zero-order valence-electron chi connectivity index (χ0n) is 13.3. The van der Waals surface area contributed by atoms with Crippen LogP contribution in [0.4, 0.5) is 5.69 Å². The van der Waals surface area contributed by atoms with Crippen molar-refractivity contribution in [3.8, 4) is 5.75 Å². The number of amides is 1. The van der Waals surface area contributed by atoms with Gasteiger partial charge in [0.25, 0.3) is 5.91 Å². The van der Waals surface area contributed by atoms with Gasteiger partial charge in [-0.25, -0.2) is 4.79 Å². The lowest BCUT2D eigenvalue weighted by molar-refractivity contribution is -0.147. The first-order valence-corrected chi connectivity index (χ1v) is 8.25. The number of methoxy groups -OCH3 is 1. The van der Waals surface area contributed by atoms with Crippen molar-refractivity contribution in [1.82, 2.24) is 0 Å². The normalized spacial score (nSPS) is 11.6. The molecule has 0 bridgehead atoms. The van der Waals surface area contributed by atoms with Crippen LogP contribution in [0, 0.1) is 0 Å². The molecule has 132 valence electrons. The first-order valence-electron chi connectivity index (χ1n) is 7.12. The van der Waals surface area contributed by atoms with E-state index in [-0.39, 0.29) is 15.7 Å². The van der Waals surface area contributed by atoms with Crippen LogP contribution in [0.25, 0.3) is 0 Å². The second-order valence-electron chi connectivity index (χ2n) is 5.01. The number of carbonyl (C=O) groups is 2. The van der Waals surface area contributed by atoms with E-state index in [9.17, 15) is 9.59 Å². The summed E-state index contributed by atoms with van der Waals surface area (Å²) in [4.78, 5) is 23.7. The van der Waals surface area contributed by atoms with E-state index in [0.29, 0.717) is 16.3 Å². The molecular formula is C17H14Cl3NO4. The summed E-state index contributed by atoms with van der Waals surface area (Å²) in [6, 6.07) is 9.20.